The highest BCUT2D eigenvalue weighted by atomic mass is 32.1. The molecule has 0 radical (unpaired) electrons. The van der Waals surface area contributed by atoms with E-state index in [1.54, 1.807) is 0 Å². The standard InChI is InChI=1S/C32H57NP2S2/c36-31-25-17-9-7-15-23-29(31)34(27-19-11-3-1-4-12-20-27)33-35(28-21-13-5-2-6-14-22-28)30-24-16-8-10-18-26-32(30)37/h27-30,33H,1-26H2. The molecule has 0 aromatic heterocycles. The third kappa shape index (κ3) is 10.1. The molecule has 5 heteroatoms. The largest absolute Gasteiger partial charge is 0.272 e. The summed E-state index contributed by atoms with van der Waals surface area (Å²) in [5.41, 5.74) is 3.16. The van der Waals surface area contributed by atoms with Crippen molar-refractivity contribution in [3.63, 3.8) is 0 Å². The molecule has 0 heterocycles. The van der Waals surface area contributed by atoms with Crippen LogP contribution in [0.5, 0.6) is 0 Å². The molecule has 4 fully saturated rings. The molecule has 0 aromatic rings. The van der Waals surface area contributed by atoms with Gasteiger partial charge in [0.15, 0.2) is 0 Å². The summed E-state index contributed by atoms with van der Waals surface area (Å²) in [5, 5.41) is 0. The minimum absolute atomic E-state index is 0.255. The van der Waals surface area contributed by atoms with E-state index >= 15 is 0 Å². The first-order chi connectivity index (χ1) is 18.2. The van der Waals surface area contributed by atoms with Gasteiger partial charge in [0.05, 0.1) is 0 Å². The first-order valence-electron chi connectivity index (χ1n) is 16.6. The Morgan fingerprint density at radius 3 is 1.08 bits per heavy atom. The van der Waals surface area contributed by atoms with Gasteiger partial charge in [-0.1, -0.05) is 127 Å². The summed E-state index contributed by atoms with van der Waals surface area (Å²) >= 11 is 12.6. The van der Waals surface area contributed by atoms with E-state index in [0.29, 0.717) is 11.3 Å². The van der Waals surface area contributed by atoms with E-state index in [1.165, 1.54) is 177 Å². The van der Waals surface area contributed by atoms with Crippen LogP contribution in [0.25, 0.3) is 0 Å². The average Bonchev–Trinajstić information content (AvgIpc) is 2.82. The van der Waals surface area contributed by atoms with Gasteiger partial charge in [0.2, 0.25) is 0 Å². The molecule has 4 aliphatic rings. The summed E-state index contributed by atoms with van der Waals surface area (Å²) < 4.78 is 0. The second-order valence-corrected chi connectivity index (χ2v) is 19.0. The molecule has 0 aromatic carbocycles. The van der Waals surface area contributed by atoms with Gasteiger partial charge in [-0.3, -0.25) is 4.86 Å². The molecule has 1 nitrogen and oxygen atoms in total. The summed E-state index contributed by atoms with van der Waals surface area (Å²) in [4.78, 5) is 7.67. The van der Waals surface area contributed by atoms with Crippen molar-refractivity contribution >= 4 is 50.3 Å². The van der Waals surface area contributed by atoms with Crippen molar-refractivity contribution < 1.29 is 0 Å². The predicted molar refractivity (Wildman–Crippen MR) is 177 cm³/mol. The van der Waals surface area contributed by atoms with Crippen molar-refractivity contribution in [3.05, 3.63) is 0 Å². The van der Waals surface area contributed by atoms with Gasteiger partial charge in [0.25, 0.3) is 0 Å². The predicted octanol–water partition coefficient (Wildman–Crippen LogP) is 11.8. The minimum atomic E-state index is -0.255. The molecule has 0 bridgehead atoms. The normalized spacial score (nSPS) is 30.9. The van der Waals surface area contributed by atoms with E-state index in [2.05, 4.69) is 0 Å². The van der Waals surface area contributed by atoms with Gasteiger partial charge in [-0.15, -0.1) is 0 Å². The fraction of sp³-hybridized carbons (Fsp3) is 0.938. The van der Waals surface area contributed by atoms with Crippen molar-refractivity contribution in [1.82, 2.24) is 4.86 Å². The third-order valence-corrected chi connectivity index (χ3v) is 18.1. The van der Waals surface area contributed by atoms with E-state index in [-0.39, 0.29) is 16.1 Å². The molecule has 0 amide bonds. The first kappa shape index (κ1) is 30.9. The molecule has 37 heavy (non-hydrogen) atoms. The van der Waals surface area contributed by atoms with Crippen LogP contribution in [-0.2, 0) is 0 Å². The summed E-state index contributed by atoms with van der Waals surface area (Å²) in [6.45, 7) is 0. The van der Waals surface area contributed by atoms with Crippen molar-refractivity contribution in [3.8, 4) is 0 Å². The van der Waals surface area contributed by atoms with Crippen LogP contribution >= 0.6 is 40.6 Å². The molecule has 4 unspecified atom stereocenters. The average molecular weight is 582 g/mol. The number of thiocarbonyl (C=S) groups is 2. The van der Waals surface area contributed by atoms with Crippen LogP contribution in [0.2, 0.25) is 0 Å². The first-order valence-corrected chi connectivity index (χ1v) is 20.4. The molecule has 4 aliphatic carbocycles. The molecule has 4 rings (SSSR count). The summed E-state index contributed by atoms with van der Waals surface area (Å²) in [6, 6.07) is 0. The van der Waals surface area contributed by atoms with Crippen LogP contribution in [0.1, 0.15) is 167 Å². The SMILES string of the molecule is S=C1CCCCCCC1P(NP(C1CCCCCCC1)C1CCCCCCC1=S)C1CCCCCCC1. The van der Waals surface area contributed by atoms with Crippen molar-refractivity contribution in [2.75, 3.05) is 0 Å². The Morgan fingerprint density at radius 1 is 0.405 bits per heavy atom. The highest BCUT2D eigenvalue weighted by molar-refractivity contribution is 7.83. The lowest BCUT2D eigenvalue weighted by Crippen LogP contribution is -2.35. The van der Waals surface area contributed by atoms with Crippen molar-refractivity contribution in [2.24, 2.45) is 0 Å². The highest BCUT2D eigenvalue weighted by Crippen LogP contribution is 2.61. The molecule has 4 saturated carbocycles. The second kappa shape index (κ2) is 17.7. The second-order valence-electron chi connectivity index (χ2n) is 12.8. The maximum absolute atomic E-state index is 6.31. The number of hydrogen-bond acceptors (Lipinski definition) is 3. The van der Waals surface area contributed by atoms with Gasteiger partial charge in [-0.25, -0.2) is 0 Å². The fourth-order valence-electron chi connectivity index (χ4n) is 7.60. The minimum Gasteiger partial charge on any atom is -0.272 e. The van der Waals surface area contributed by atoms with E-state index in [1.807, 2.05) is 0 Å². The van der Waals surface area contributed by atoms with Crippen LogP contribution in [0.15, 0.2) is 0 Å². The summed E-state index contributed by atoms with van der Waals surface area (Å²) in [7, 11) is -0.510. The van der Waals surface area contributed by atoms with E-state index in [4.69, 9.17) is 29.3 Å². The van der Waals surface area contributed by atoms with Gasteiger partial charge in [-0.05, 0) is 91.7 Å². The lowest BCUT2D eigenvalue weighted by Gasteiger charge is -2.44. The van der Waals surface area contributed by atoms with Gasteiger partial charge in [-0.2, -0.15) is 0 Å². The quantitative estimate of drug-likeness (QED) is 0.247. The maximum Gasteiger partial charge on any atom is 0.0241 e. The molecule has 0 saturated heterocycles. The third-order valence-electron chi connectivity index (χ3n) is 9.88. The van der Waals surface area contributed by atoms with Crippen LogP contribution in [0.4, 0.5) is 0 Å². The Hall–Kier alpha value is 1.00. The lowest BCUT2D eigenvalue weighted by atomic mass is 10.00. The van der Waals surface area contributed by atoms with Gasteiger partial charge in [0.1, 0.15) is 0 Å². The van der Waals surface area contributed by atoms with E-state index < -0.39 is 0 Å². The Labute approximate surface area is 243 Å². The van der Waals surface area contributed by atoms with E-state index in [9.17, 15) is 0 Å². The van der Waals surface area contributed by atoms with Crippen LogP contribution < -0.4 is 4.86 Å². The van der Waals surface area contributed by atoms with Crippen LogP contribution in [-0.4, -0.2) is 32.4 Å². The van der Waals surface area contributed by atoms with Gasteiger partial charge >= 0.3 is 0 Å². The lowest BCUT2D eigenvalue weighted by molar-refractivity contribution is 0.503. The maximum atomic E-state index is 6.31. The molecular weight excluding hydrogens is 524 g/mol. The monoisotopic (exact) mass is 581 g/mol. The highest BCUT2D eigenvalue weighted by Gasteiger charge is 2.39. The zero-order valence-corrected chi connectivity index (χ0v) is 27.3. The fourth-order valence-corrected chi connectivity index (χ4v) is 17.0. The van der Waals surface area contributed by atoms with E-state index in [0.717, 1.165) is 11.3 Å². The Kier molecular flexibility index (Phi) is 14.8. The number of hydrogen-bond donors (Lipinski definition) is 1. The summed E-state index contributed by atoms with van der Waals surface area (Å²) in [5.74, 6) is 0. The zero-order valence-electron chi connectivity index (χ0n) is 23.9. The summed E-state index contributed by atoms with van der Waals surface area (Å²) in [6.07, 6.45) is 36.7. The molecular formula is C32H57NP2S2. The van der Waals surface area contributed by atoms with Crippen molar-refractivity contribution in [1.29, 1.82) is 0 Å². The molecule has 0 spiro atoms. The topological polar surface area (TPSA) is 12.0 Å². The molecule has 212 valence electrons. The number of rotatable bonds is 6. The van der Waals surface area contributed by atoms with Crippen LogP contribution in [0.3, 0.4) is 0 Å². The molecule has 0 aliphatic heterocycles. The van der Waals surface area contributed by atoms with Gasteiger partial charge < -0.3 is 0 Å². The molecule has 1 N–H and O–H groups in total. The van der Waals surface area contributed by atoms with Gasteiger partial charge in [0, 0.05) is 21.0 Å². The van der Waals surface area contributed by atoms with Crippen LogP contribution in [0, 0.1) is 0 Å². The number of nitrogens with one attached hydrogen (secondary N) is 1. The Balaban J connectivity index is 1.63. The molecule has 4 atom stereocenters. The Morgan fingerprint density at radius 2 is 0.703 bits per heavy atom. The smallest absolute Gasteiger partial charge is 0.0241 e. The zero-order chi connectivity index (χ0) is 25.7. The van der Waals surface area contributed by atoms with Crippen molar-refractivity contribution in [2.45, 2.75) is 190 Å². The Bertz CT molecular complexity index is 614.